The van der Waals surface area contributed by atoms with Crippen molar-refractivity contribution in [2.45, 2.75) is 25.1 Å². The van der Waals surface area contributed by atoms with Gasteiger partial charge in [0.15, 0.2) is 0 Å². The molecule has 1 aromatic carbocycles. The average molecular weight is 276 g/mol. The Kier molecular flexibility index (Phi) is 3.38. The molecule has 0 aromatic heterocycles. The summed E-state index contributed by atoms with van der Waals surface area (Å²) < 4.78 is 50.4. The van der Waals surface area contributed by atoms with E-state index < -0.39 is 30.5 Å². The summed E-state index contributed by atoms with van der Waals surface area (Å²) in [6, 6.07) is 2.65. The minimum atomic E-state index is -4.49. The lowest BCUT2D eigenvalue weighted by molar-refractivity contribution is -0.141. The second-order valence-corrected chi connectivity index (χ2v) is 4.51. The van der Waals surface area contributed by atoms with Crippen LogP contribution in [0.3, 0.4) is 0 Å². The molecule has 19 heavy (non-hydrogen) atoms. The molecule has 1 amide bonds. The molecule has 2 rings (SSSR count). The summed E-state index contributed by atoms with van der Waals surface area (Å²) in [5.41, 5.74) is 5.26. The number of rotatable bonds is 3. The van der Waals surface area contributed by atoms with Gasteiger partial charge in [0.1, 0.15) is 12.4 Å². The highest BCUT2D eigenvalue weighted by Crippen LogP contribution is 2.32. The molecule has 1 aromatic rings. The number of carbonyl (C=O) groups is 1. The highest BCUT2D eigenvalue weighted by Gasteiger charge is 2.41. The summed E-state index contributed by atoms with van der Waals surface area (Å²) in [4.78, 5) is 12.8. The normalized spacial score (nSPS) is 15.4. The lowest BCUT2D eigenvalue weighted by Crippen LogP contribution is -2.40. The van der Waals surface area contributed by atoms with E-state index >= 15 is 0 Å². The van der Waals surface area contributed by atoms with Crippen molar-refractivity contribution in [2.24, 2.45) is 0 Å². The van der Waals surface area contributed by atoms with E-state index in [1.165, 1.54) is 6.07 Å². The van der Waals surface area contributed by atoms with E-state index in [-0.39, 0.29) is 11.3 Å². The van der Waals surface area contributed by atoms with Gasteiger partial charge < -0.3 is 10.6 Å². The fourth-order valence-electron chi connectivity index (χ4n) is 1.81. The van der Waals surface area contributed by atoms with Gasteiger partial charge >= 0.3 is 6.18 Å². The number of carbonyl (C=O) groups excluding carboxylic acids is 1. The summed E-state index contributed by atoms with van der Waals surface area (Å²) in [5, 5.41) is 0. The van der Waals surface area contributed by atoms with Gasteiger partial charge in [-0.2, -0.15) is 13.2 Å². The minimum absolute atomic E-state index is 0.0285. The molecule has 0 bridgehead atoms. The summed E-state index contributed by atoms with van der Waals surface area (Å²) in [5.74, 6) is -1.59. The smallest absolute Gasteiger partial charge is 0.398 e. The van der Waals surface area contributed by atoms with Gasteiger partial charge in [0.25, 0.3) is 5.91 Å². The maximum Gasteiger partial charge on any atom is 0.406 e. The third kappa shape index (κ3) is 3.36. The van der Waals surface area contributed by atoms with Gasteiger partial charge in [0.2, 0.25) is 0 Å². The van der Waals surface area contributed by atoms with Crippen molar-refractivity contribution in [2.75, 3.05) is 12.3 Å². The molecule has 0 aliphatic heterocycles. The van der Waals surface area contributed by atoms with Gasteiger partial charge in [-0.15, -0.1) is 0 Å². The van der Waals surface area contributed by atoms with Crippen molar-refractivity contribution >= 4 is 11.6 Å². The molecule has 0 heterocycles. The van der Waals surface area contributed by atoms with Gasteiger partial charge in [0, 0.05) is 11.7 Å². The number of hydrogen-bond acceptors (Lipinski definition) is 2. The highest BCUT2D eigenvalue weighted by molar-refractivity contribution is 5.99. The van der Waals surface area contributed by atoms with E-state index in [0.717, 1.165) is 12.1 Å². The zero-order valence-corrected chi connectivity index (χ0v) is 9.88. The monoisotopic (exact) mass is 276 g/mol. The van der Waals surface area contributed by atoms with Gasteiger partial charge in [-0.1, -0.05) is 0 Å². The molecule has 0 saturated heterocycles. The fraction of sp³-hybridized carbons (Fsp3) is 0.417. The number of halogens is 4. The van der Waals surface area contributed by atoms with Crippen LogP contribution in [0.25, 0.3) is 0 Å². The SMILES string of the molecule is Nc1ccc(F)cc1C(=O)N(CC(F)(F)F)C1CC1. The maximum absolute atomic E-state index is 13.1. The molecule has 0 radical (unpaired) electrons. The molecule has 3 nitrogen and oxygen atoms in total. The predicted molar refractivity (Wildman–Crippen MR) is 60.9 cm³/mol. The van der Waals surface area contributed by atoms with Gasteiger partial charge in [0.05, 0.1) is 5.56 Å². The van der Waals surface area contributed by atoms with Crippen LogP contribution < -0.4 is 5.73 Å². The van der Waals surface area contributed by atoms with Gasteiger partial charge in [-0.25, -0.2) is 4.39 Å². The number of nitrogens with two attached hydrogens (primary N) is 1. The second kappa shape index (κ2) is 4.71. The minimum Gasteiger partial charge on any atom is -0.398 e. The Morgan fingerprint density at radius 2 is 2.00 bits per heavy atom. The van der Waals surface area contributed by atoms with E-state index in [2.05, 4.69) is 0 Å². The van der Waals surface area contributed by atoms with E-state index in [4.69, 9.17) is 5.73 Å². The average Bonchev–Trinajstić information content (AvgIpc) is 3.11. The summed E-state index contributed by atoms with van der Waals surface area (Å²) in [6.07, 6.45) is -3.44. The molecule has 104 valence electrons. The van der Waals surface area contributed by atoms with E-state index in [9.17, 15) is 22.4 Å². The molecule has 7 heteroatoms. The molecule has 0 atom stereocenters. The summed E-state index contributed by atoms with van der Waals surface area (Å²) in [6.45, 7) is -1.34. The first-order valence-corrected chi connectivity index (χ1v) is 5.70. The molecule has 1 saturated carbocycles. The first-order chi connectivity index (χ1) is 8.78. The maximum atomic E-state index is 13.1. The van der Waals surface area contributed by atoms with Crippen molar-refractivity contribution in [1.29, 1.82) is 0 Å². The standard InChI is InChI=1S/C12H12F4N2O/c13-7-1-4-10(17)9(5-7)11(19)18(8-2-3-8)6-12(14,15)16/h1,4-5,8H,2-3,6,17H2. The molecule has 0 spiro atoms. The van der Waals surface area contributed by atoms with Crippen LogP contribution in [0, 0.1) is 5.82 Å². The summed E-state index contributed by atoms with van der Waals surface area (Å²) in [7, 11) is 0. The first kappa shape index (κ1) is 13.6. The zero-order chi connectivity index (χ0) is 14.2. The van der Waals surface area contributed by atoms with E-state index in [0.29, 0.717) is 17.7 Å². The topological polar surface area (TPSA) is 46.3 Å². The molecular weight excluding hydrogens is 264 g/mol. The molecule has 0 unspecified atom stereocenters. The van der Waals surface area contributed by atoms with Crippen molar-refractivity contribution in [3.8, 4) is 0 Å². The predicted octanol–water partition coefficient (Wildman–Crippen LogP) is 2.57. The Morgan fingerprint density at radius 1 is 1.37 bits per heavy atom. The van der Waals surface area contributed by atoms with Crippen LogP contribution in [0.1, 0.15) is 23.2 Å². The first-order valence-electron chi connectivity index (χ1n) is 5.70. The fourth-order valence-corrected chi connectivity index (χ4v) is 1.81. The van der Waals surface area contributed by atoms with Crippen LogP contribution >= 0.6 is 0 Å². The second-order valence-electron chi connectivity index (χ2n) is 4.51. The Labute approximate surface area is 107 Å². The van der Waals surface area contributed by atoms with Gasteiger partial charge in [-0.3, -0.25) is 4.79 Å². The molecule has 2 N–H and O–H groups in total. The van der Waals surface area contributed by atoms with Crippen LogP contribution in [0.15, 0.2) is 18.2 Å². The molecule has 1 fully saturated rings. The van der Waals surface area contributed by atoms with Crippen LogP contribution in [-0.2, 0) is 0 Å². The van der Waals surface area contributed by atoms with Crippen molar-refractivity contribution < 1.29 is 22.4 Å². The van der Waals surface area contributed by atoms with Gasteiger partial charge in [-0.05, 0) is 31.0 Å². The Bertz CT molecular complexity index is 497. The number of hydrogen-bond donors (Lipinski definition) is 1. The van der Waals surface area contributed by atoms with Crippen LogP contribution in [0.4, 0.5) is 23.2 Å². The Hall–Kier alpha value is -1.79. The van der Waals surface area contributed by atoms with Crippen LogP contribution in [0.5, 0.6) is 0 Å². The molecular formula is C12H12F4N2O. The quantitative estimate of drug-likeness (QED) is 0.681. The number of benzene rings is 1. The largest absolute Gasteiger partial charge is 0.406 e. The summed E-state index contributed by atoms with van der Waals surface area (Å²) >= 11 is 0. The third-order valence-corrected chi connectivity index (χ3v) is 2.84. The number of anilines is 1. The third-order valence-electron chi connectivity index (χ3n) is 2.84. The number of nitrogen functional groups attached to an aromatic ring is 1. The number of alkyl halides is 3. The Balaban J connectivity index is 2.26. The van der Waals surface area contributed by atoms with Crippen LogP contribution in [0.2, 0.25) is 0 Å². The zero-order valence-electron chi connectivity index (χ0n) is 9.88. The van der Waals surface area contributed by atoms with Crippen molar-refractivity contribution in [1.82, 2.24) is 4.90 Å². The van der Waals surface area contributed by atoms with E-state index in [1.54, 1.807) is 0 Å². The van der Waals surface area contributed by atoms with Crippen molar-refractivity contribution in [3.63, 3.8) is 0 Å². The molecule has 1 aliphatic rings. The van der Waals surface area contributed by atoms with Crippen molar-refractivity contribution in [3.05, 3.63) is 29.6 Å². The lowest BCUT2D eigenvalue weighted by Gasteiger charge is -2.24. The molecule has 1 aliphatic carbocycles. The lowest BCUT2D eigenvalue weighted by atomic mass is 10.1. The Morgan fingerprint density at radius 3 is 2.53 bits per heavy atom. The number of nitrogens with zero attached hydrogens (tertiary/aromatic N) is 1. The van der Waals surface area contributed by atoms with Crippen LogP contribution in [-0.4, -0.2) is 29.6 Å². The highest BCUT2D eigenvalue weighted by atomic mass is 19.4. The van der Waals surface area contributed by atoms with E-state index in [1.807, 2.05) is 0 Å². The number of amides is 1.